The second kappa shape index (κ2) is 5.12. The zero-order valence-electron chi connectivity index (χ0n) is 8.95. The van der Waals surface area contributed by atoms with Crippen molar-refractivity contribution in [2.24, 2.45) is 0 Å². The van der Waals surface area contributed by atoms with Gasteiger partial charge in [0.15, 0.2) is 0 Å². The van der Waals surface area contributed by atoms with Gasteiger partial charge in [0.05, 0.1) is 18.7 Å². The fourth-order valence-corrected chi connectivity index (χ4v) is 1.22. The molecule has 0 aliphatic heterocycles. The van der Waals surface area contributed by atoms with Crippen LogP contribution in [-0.2, 0) is 9.53 Å². The summed E-state index contributed by atoms with van der Waals surface area (Å²) in [7, 11) is 1.27. The molecule has 0 saturated carbocycles. The number of carbonyl (C=O) groups excluding carboxylic acids is 1. The predicted molar refractivity (Wildman–Crippen MR) is 56.2 cm³/mol. The lowest BCUT2D eigenvalue weighted by Gasteiger charge is -2.12. The molecule has 0 radical (unpaired) electrons. The maximum absolute atomic E-state index is 13.0. The maximum atomic E-state index is 13.0. The van der Waals surface area contributed by atoms with Crippen LogP contribution in [0.4, 0.5) is 10.1 Å². The molecular formula is C11H11FN2O2. The van der Waals surface area contributed by atoms with Gasteiger partial charge in [-0.15, -0.1) is 0 Å². The molecule has 4 nitrogen and oxygen atoms in total. The molecule has 0 amide bonds. The average molecular weight is 222 g/mol. The Balaban J connectivity index is 2.86. The van der Waals surface area contributed by atoms with Gasteiger partial charge in [0, 0.05) is 5.69 Å². The summed E-state index contributed by atoms with van der Waals surface area (Å²) in [6.45, 7) is 1.59. The lowest BCUT2D eigenvalue weighted by atomic mass is 10.2. The van der Waals surface area contributed by atoms with Crippen molar-refractivity contribution in [3.63, 3.8) is 0 Å². The first-order valence-electron chi connectivity index (χ1n) is 4.62. The normalized spacial score (nSPS) is 11.4. The van der Waals surface area contributed by atoms with E-state index in [4.69, 9.17) is 5.26 Å². The maximum Gasteiger partial charge on any atom is 0.327 e. The highest BCUT2D eigenvalue weighted by Crippen LogP contribution is 2.14. The number of nitrogens with one attached hydrogen (secondary N) is 1. The molecule has 1 aromatic rings. The number of hydrogen-bond donors (Lipinski definition) is 1. The third-order valence-electron chi connectivity index (χ3n) is 1.96. The summed E-state index contributed by atoms with van der Waals surface area (Å²) < 4.78 is 17.6. The van der Waals surface area contributed by atoms with Crippen molar-refractivity contribution in [1.82, 2.24) is 0 Å². The van der Waals surface area contributed by atoms with Gasteiger partial charge in [-0.1, -0.05) is 0 Å². The summed E-state index contributed by atoms with van der Waals surface area (Å²) in [4.78, 5) is 11.1. The van der Waals surface area contributed by atoms with Crippen LogP contribution in [0.5, 0.6) is 0 Å². The number of benzene rings is 1. The summed E-state index contributed by atoms with van der Waals surface area (Å²) in [5.74, 6) is -0.985. The van der Waals surface area contributed by atoms with Crippen molar-refractivity contribution in [2.75, 3.05) is 12.4 Å². The lowest BCUT2D eigenvalue weighted by Crippen LogP contribution is -2.27. The summed E-state index contributed by atoms with van der Waals surface area (Å²) in [6.07, 6.45) is 0. The van der Waals surface area contributed by atoms with Crippen LogP contribution in [0, 0.1) is 17.1 Å². The summed E-state index contributed by atoms with van der Waals surface area (Å²) in [6, 6.07) is 5.02. The van der Waals surface area contributed by atoms with E-state index in [1.165, 1.54) is 19.2 Å². The van der Waals surface area contributed by atoms with Crippen LogP contribution >= 0.6 is 0 Å². The summed E-state index contributed by atoms with van der Waals surface area (Å²) >= 11 is 0. The molecule has 0 saturated heterocycles. The van der Waals surface area contributed by atoms with Gasteiger partial charge >= 0.3 is 5.97 Å². The van der Waals surface area contributed by atoms with Crippen molar-refractivity contribution in [2.45, 2.75) is 13.0 Å². The van der Waals surface area contributed by atoms with Gasteiger partial charge < -0.3 is 10.1 Å². The van der Waals surface area contributed by atoms with Crippen LogP contribution in [0.15, 0.2) is 18.2 Å². The van der Waals surface area contributed by atoms with Crippen molar-refractivity contribution in [3.05, 3.63) is 29.6 Å². The third-order valence-corrected chi connectivity index (χ3v) is 1.96. The van der Waals surface area contributed by atoms with Crippen molar-refractivity contribution in [1.29, 1.82) is 5.26 Å². The smallest absolute Gasteiger partial charge is 0.327 e. The molecule has 0 aliphatic carbocycles. The Bertz CT molecular complexity index is 440. The lowest BCUT2D eigenvalue weighted by molar-refractivity contribution is -0.141. The van der Waals surface area contributed by atoms with E-state index in [1.807, 2.05) is 6.07 Å². The minimum atomic E-state index is -0.599. The van der Waals surface area contributed by atoms with Crippen LogP contribution in [0.2, 0.25) is 0 Å². The Morgan fingerprint density at radius 1 is 1.56 bits per heavy atom. The fraction of sp³-hybridized carbons (Fsp3) is 0.273. The van der Waals surface area contributed by atoms with Gasteiger partial charge in [0.1, 0.15) is 11.9 Å². The zero-order chi connectivity index (χ0) is 12.1. The molecule has 0 spiro atoms. The number of hydrogen-bond acceptors (Lipinski definition) is 4. The number of rotatable bonds is 3. The third kappa shape index (κ3) is 2.95. The van der Waals surface area contributed by atoms with E-state index in [0.29, 0.717) is 5.69 Å². The van der Waals surface area contributed by atoms with Crippen molar-refractivity contribution >= 4 is 11.7 Å². The molecule has 16 heavy (non-hydrogen) atoms. The predicted octanol–water partition coefficient (Wildman–Crippen LogP) is 1.67. The minimum Gasteiger partial charge on any atom is -0.467 e. The fourth-order valence-electron chi connectivity index (χ4n) is 1.22. The van der Waals surface area contributed by atoms with Gasteiger partial charge in [0.2, 0.25) is 0 Å². The first-order chi connectivity index (χ1) is 7.56. The first kappa shape index (κ1) is 12.0. The number of nitriles is 1. The number of anilines is 1. The van der Waals surface area contributed by atoms with E-state index in [-0.39, 0.29) is 5.56 Å². The average Bonchev–Trinajstić information content (AvgIpc) is 2.26. The van der Waals surface area contributed by atoms with Crippen LogP contribution in [0.1, 0.15) is 12.5 Å². The Labute approximate surface area is 92.6 Å². The minimum absolute atomic E-state index is 0.194. The van der Waals surface area contributed by atoms with Crippen LogP contribution in [0.25, 0.3) is 0 Å². The molecule has 1 N–H and O–H groups in total. The second-order valence-corrected chi connectivity index (χ2v) is 3.23. The van der Waals surface area contributed by atoms with E-state index < -0.39 is 17.8 Å². The highest BCUT2D eigenvalue weighted by Gasteiger charge is 2.13. The number of carbonyl (C=O) groups is 1. The molecule has 0 bridgehead atoms. The zero-order valence-corrected chi connectivity index (χ0v) is 8.95. The molecule has 5 heteroatoms. The number of esters is 1. The van der Waals surface area contributed by atoms with Crippen LogP contribution < -0.4 is 5.32 Å². The standard InChI is InChI=1S/C11H11FN2O2/c1-7(11(15)16-2)14-10-4-8(6-13)3-9(12)5-10/h3-5,7,14H,1-2H3. The van der Waals surface area contributed by atoms with Crippen LogP contribution in [0.3, 0.4) is 0 Å². The highest BCUT2D eigenvalue weighted by molar-refractivity contribution is 5.78. The van der Waals surface area contributed by atoms with Crippen LogP contribution in [-0.4, -0.2) is 19.1 Å². The van der Waals surface area contributed by atoms with Crippen molar-refractivity contribution in [3.8, 4) is 6.07 Å². The Morgan fingerprint density at radius 2 is 2.25 bits per heavy atom. The molecule has 1 rings (SSSR count). The largest absolute Gasteiger partial charge is 0.467 e. The SMILES string of the molecule is COC(=O)C(C)Nc1cc(F)cc(C#N)c1. The highest BCUT2D eigenvalue weighted by atomic mass is 19.1. The molecule has 0 aromatic heterocycles. The van der Waals surface area contributed by atoms with Gasteiger partial charge in [-0.05, 0) is 25.1 Å². The Kier molecular flexibility index (Phi) is 3.84. The van der Waals surface area contributed by atoms with E-state index >= 15 is 0 Å². The second-order valence-electron chi connectivity index (χ2n) is 3.23. The van der Waals surface area contributed by atoms with Gasteiger partial charge in [-0.3, -0.25) is 0 Å². The molecular weight excluding hydrogens is 211 g/mol. The van der Waals surface area contributed by atoms with Crippen molar-refractivity contribution < 1.29 is 13.9 Å². The molecule has 1 aromatic carbocycles. The van der Waals surface area contributed by atoms with E-state index in [1.54, 1.807) is 6.92 Å². The number of methoxy groups -OCH3 is 1. The number of halogens is 1. The summed E-state index contributed by atoms with van der Waals surface area (Å²) in [5.41, 5.74) is 0.564. The first-order valence-corrected chi connectivity index (χ1v) is 4.62. The summed E-state index contributed by atoms with van der Waals surface area (Å²) in [5, 5.41) is 11.4. The molecule has 84 valence electrons. The van der Waals surface area contributed by atoms with E-state index in [0.717, 1.165) is 6.07 Å². The molecule has 1 unspecified atom stereocenters. The quantitative estimate of drug-likeness (QED) is 0.790. The Morgan fingerprint density at radius 3 is 2.81 bits per heavy atom. The van der Waals surface area contributed by atoms with E-state index in [2.05, 4.69) is 10.1 Å². The Hall–Kier alpha value is -2.09. The molecule has 0 fully saturated rings. The molecule has 1 atom stereocenters. The topological polar surface area (TPSA) is 62.1 Å². The van der Waals surface area contributed by atoms with Gasteiger partial charge in [0.25, 0.3) is 0 Å². The number of nitrogens with zero attached hydrogens (tertiary/aromatic N) is 1. The van der Waals surface area contributed by atoms with E-state index in [9.17, 15) is 9.18 Å². The van der Waals surface area contributed by atoms with Gasteiger partial charge in [-0.25, -0.2) is 9.18 Å². The molecule has 0 aliphatic rings. The number of ether oxygens (including phenoxy) is 1. The molecule has 0 heterocycles. The van der Waals surface area contributed by atoms with Gasteiger partial charge in [-0.2, -0.15) is 5.26 Å². The monoisotopic (exact) mass is 222 g/mol.